The molecule has 2 atom stereocenters. The minimum atomic E-state index is -1.52. The van der Waals surface area contributed by atoms with Crippen molar-refractivity contribution < 1.29 is 10.2 Å². The van der Waals surface area contributed by atoms with E-state index in [1.54, 1.807) is 0 Å². The average molecular weight is 537 g/mol. The van der Waals surface area contributed by atoms with Crippen LogP contribution in [0.4, 0.5) is 0 Å². The molecule has 0 spiro atoms. The van der Waals surface area contributed by atoms with E-state index >= 15 is 0 Å². The first kappa shape index (κ1) is 29.7. The standard InChI is InChI=1S/C36H44N2O2/c1-33(2,3)37-31(35(39,27-19-11-7-12-20-27)28-21-13-8-14-22-28)32(38-34(4,5)6)36(40,29-23-15-9-16-24-29)30-25-17-10-18-26-30/h7-26,31-32,37-40H,1-6H3/t31-,32-/m1/s1. The highest BCUT2D eigenvalue weighted by Gasteiger charge is 2.54. The van der Waals surface area contributed by atoms with Gasteiger partial charge in [0.05, 0.1) is 12.1 Å². The van der Waals surface area contributed by atoms with Gasteiger partial charge in [0, 0.05) is 11.1 Å². The van der Waals surface area contributed by atoms with Gasteiger partial charge in [0.1, 0.15) is 11.2 Å². The topological polar surface area (TPSA) is 64.5 Å². The van der Waals surface area contributed by atoms with Crippen LogP contribution < -0.4 is 10.6 Å². The van der Waals surface area contributed by atoms with Crippen molar-refractivity contribution in [2.75, 3.05) is 0 Å². The second-order valence-electron chi connectivity index (χ2n) is 12.7. The minimum Gasteiger partial charge on any atom is -0.379 e. The summed E-state index contributed by atoms with van der Waals surface area (Å²) in [7, 11) is 0. The average Bonchev–Trinajstić information content (AvgIpc) is 2.95. The van der Waals surface area contributed by atoms with Crippen molar-refractivity contribution in [2.45, 2.75) is 75.9 Å². The molecule has 0 aliphatic heterocycles. The summed E-state index contributed by atoms with van der Waals surface area (Å²) in [5, 5.41) is 34.0. The molecule has 4 rings (SSSR count). The van der Waals surface area contributed by atoms with Crippen molar-refractivity contribution in [3.05, 3.63) is 144 Å². The number of hydrogen-bond acceptors (Lipinski definition) is 4. The van der Waals surface area contributed by atoms with Crippen LogP contribution in [-0.4, -0.2) is 33.4 Å². The Morgan fingerprint density at radius 3 is 0.775 bits per heavy atom. The summed E-state index contributed by atoms with van der Waals surface area (Å²) in [6.45, 7) is 12.6. The lowest BCUT2D eigenvalue weighted by molar-refractivity contribution is -0.0544. The Morgan fingerprint density at radius 2 is 0.600 bits per heavy atom. The van der Waals surface area contributed by atoms with Crippen molar-refractivity contribution >= 4 is 0 Å². The molecule has 4 N–H and O–H groups in total. The van der Waals surface area contributed by atoms with Gasteiger partial charge in [0.15, 0.2) is 0 Å². The Balaban J connectivity index is 2.10. The number of aliphatic hydroxyl groups is 2. The number of nitrogens with one attached hydrogen (secondary N) is 2. The van der Waals surface area contributed by atoms with E-state index in [4.69, 9.17) is 0 Å². The third kappa shape index (κ3) is 6.37. The van der Waals surface area contributed by atoms with Crippen LogP contribution in [0.3, 0.4) is 0 Å². The fourth-order valence-electron chi connectivity index (χ4n) is 5.61. The van der Waals surface area contributed by atoms with Crippen molar-refractivity contribution in [1.82, 2.24) is 10.6 Å². The highest BCUT2D eigenvalue weighted by Crippen LogP contribution is 2.43. The molecule has 0 radical (unpaired) electrons. The molecule has 4 aromatic rings. The second-order valence-corrected chi connectivity index (χ2v) is 12.7. The predicted molar refractivity (Wildman–Crippen MR) is 165 cm³/mol. The van der Waals surface area contributed by atoms with Gasteiger partial charge < -0.3 is 20.8 Å². The molecule has 0 saturated carbocycles. The third-order valence-electron chi connectivity index (χ3n) is 7.27. The molecule has 0 saturated heterocycles. The van der Waals surface area contributed by atoms with Gasteiger partial charge in [-0.15, -0.1) is 0 Å². The van der Waals surface area contributed by atoms with Gasteiger partial charge in [-0.05, 0) is 63.8 Å². The van der Waals surface area contributed by atoms with Crippen LogP contribution in [0.5, 0.6) is 0 Å². The molecule has 0 fully saturated rings. The fraction of sp³-hybridized carbons (Fsp3) is 0.333. The Bertz CT molecular complexity index is 1140. The van der Waals surface area contributed by atoms with Crippen LogP contribution in [0.2, 0.25) is 0 Å². The molecular weight excluding hydrogens is 492 g/mol. The van der Waals surface area contributed by atoms with Crippen LogP contribution in [0, 0.1) is 0 Å². The summed E-state index contributed by atoms with van der Waals surface area (Å²) < 4.78 is 0. The molecule has 0 aliphatic rings. The summed E-state index contributed by atoms with van der Waals surface area (Å²) >= 11 is 0. The molecule has 4 aromatic carbocycles. The Morgan fingerprint density at radius 1 is 0.400 bits per heavy atom. The van der Waals surface area contributed by atoms with E-state index in [-0.39, 0.29) is 0 Å². The molecule has 0 bridgehead atoms. The van der Waals surface area contributed by atoms with Crippen molar-refractivity contribution in [2.24, 2.45) is 0 Å². The molecule has 0 aromatic heterocycles. The van der Waals surface area contributed by atoms with Crippen LogP contribution in [0.1, 0.15) is 63.8 Å². The maximum absolute atomic E-state index is 13.2. The maximum atomic E-state index is 13.2. The predicted octanol–water partition coefficient (Wildman–Crippen LogP) is 6.37. The van der Waals surface area contributed by atoms with Gasteiger partial charge in [-0.25, -0.2) is 0 Å². The smallest absolute Gasteiger partial charge is 0.131 e. The lowest BCUT2D eigenvalue weighted by atomic mass is 9.68. The van der Waals surface area contributed by atoms with Gasteiger partial charge in [-0.3, -0.25) is 0 Å². The Labute approximate surface area is 240 Å². The largest absolute Gasteiger partial charge is 0.379 e. The molecule has 0 unspecified atom stereocenters. The molecule has 4 nitrogen and oxygen atoms in total. The normalized spacial score (nSPS) is 14.5. The van der Waals surface area contributed by atoms with Gasteiger partial charge >= 0.3 is 0 Å². The Hall–Kier alpha value is -3.28. The molecule has 0 aliphatic carbocycles. The summed E-state index contributed by atoms with van der Waals surface area (Å²) in [6.07, 6.45) is 0. The first-order chi connectivity index (χ1) is 18.9. The number of benzene rings is 4. The van der Waals surface area contributed by atoms with Crippen LogP contribution in [0.15, 0.2) is 121 Å². The van der Waals surface area contributed by atoms with Gasteiger partial charge in [-0.2, -0.15) is 0 Å². The van der Waals surface area contributed by atoms with Crippen molar-refractivity contribution in [3.63, 3.8) is 0 Å². The molecular formula is C36H44N2O2. The minimum absolute atomic E-state index is 0.408. The molecule has 0 amide bonds. The van der Waals surface area contributed by atoms with Gasteiger partial charge in [-0.1, -0.05) is 121 Å². The zero-order chi connectivity index (χ0) is 29.0. The van der Waals surface area contributed by atoms with E-state index in [0.717, 1.165) is 22.3 Å². The first-order valence-electron chi connectivity index (χ1n) is 14.1. The summed E-state index contributed by atoms with van der Waals surface area (Å²) in [5.41, 5.74) is -0.881. The van der Waals surface area contributed by atoms with E-state index in [2.05, 4.69) is 52.2 Å². The first-order valence-corrected chi connectivity index (χ1v) is 14.1. The van der Waals surface area contributed by atoms with Crippen LogP contribution in [0.25, 0.3) is 0 Å². The molecule has 40 heavy (non-hydrogen) atoms. The molecule has 4 heteroatoms. The van der Waals surface area contributed by atoms with Crippen LogP contribution in [-0.2, 0) is 11.2 Å². The summed E-state index contributed by atoms with van der Waals surface area (Å²) in [4.78, 5) is 0. The van der Waals surface area contributed by atoms with Crippen molar-refractivity contribution in [1.29, 1.82) is 0 Å². The maximum Gasteiger partial charge on any atom is 0.131 e. The number of hydrogen-bond donors (Lipinski definition) is 4. The molecule has 0 heterocycles. The summed E-state index contributed by atoms with van der Waals surface area (Å²) in [6, 6.07) is 37.7. The monoisotopic (exact) mass is 536 g/mol. The van der Waals surface area contributed by atoms with E-state index in [1.807, 2.05) is 121 Å². The fourth-order valence-corrected chi connectivity index (χ4v) is 5.61. The van der Waals surface area contributed by atoms with E-state index < -0.39 is 34.4 Å². The SMILES string of the molecule is CC(C)(C)N[C@H]([C@@H](NC(C)(C)C)C(O)(c1ccccc1)c1ccccc1)C(O)(c1ccccc1)c1ccccc1. The van der Waals surface area contributed by atoms with Crippen LogP contribution >= 0.6 is 0 Å². The van der Waals surface area contributed by atoms with Gasteiger partial charge in [0.2, 0.25) is 0 Å². The van der Waals surface area contributed by atoms with Crippen molar-refractivity contribution in [3.8, 4) is 0 Å². The van der Waals surface area contributed by atoms with Gasteiger partial charge in [0.25, 0.3) is 0 Å². The second kappa shape index (κ2) is 11.7. The van der Waals surface area contributed by atoms with E-state index in [0.29, 0.717) is 0 Å². The van der Waals surface area contributed by atoms with E-state index in [9.17, 15) is 10.2 Å². The zero-order valence-corrected chi connectivity index (χ0v) is 24.6. The quantitative estimate of drug-likeness (QED) is 0.201. The lowest BCUT2D eigenvalue weighted by Crippen LogP contribution is -2.71. The summed E-state index contributed by atoms with van der Waals surface area (Å²) in [5.74, 6) is 0. The highest BCUT2D eigenvalue weighted by molar-refractivity contribution is 5.44. The third-order valence-corrected chi connectivity index (χ3v) is 7.27. The lowest BCUT2D eigenvalue weighted by Gasteiger charge is -2.52. The number of rotatable bonds is 9. The Kier molecular flexibility index (Phi) is 8.67. The highest BCUT2D eigenvalue weighted by atomic mass is 16.3. The van der Waals surface area contributed by atoms with E-state index in [1.165, 1.54) is 0 Å². The molecule has 210 valence electrons. The zero-order valence-electron chi connectivity index (χ0n) is 24.6.